The molecule has 0 bridgehead atoms. The molecule has 0 fully saturated rings. The van der Waals surface area contributed by atoms with Gasteiger partial charge in [-0.3, -0.25) is 9.59 Å². The van der Waals surface area contributed by atoms with Gasteiger partial charge in [-0.15, -0.1) is 0 Å². The van der Waals surface area contributed by atoms with E-state index < -0.39 is 17.4 Å². The Hall–Kier alpha value is -3.16. The topological polar surface area (TPSA) is 107 Å². The van der Waals surface area contributed by atoms with Crippen molar-refractivity contribution in [2.75, 3.05) is 27.9 Å². The minimum absolute atomic E-state index is 0.0629. The molecule has 8 nitrogen and oxygen atoms in total. The van der Waals surface area contributed by atoms with E-state index in [1.807, 2.05) is 0 Å². The number of aromatic hydroxyl groups is 1. The van der Waals surface area contributed by atoms with Gasteiger partial charge in [0, 0.05) is 11.6 Å². The van der Waals surface area contributed by atoms with E-state index in [-0.39, 0.29) is 24.3 Å². The molecule has 1 aromatic carbocycles. The van der Waals surface area contributed by atoms with E-state index in [1.54, 1.807) is 26.0 Å². The number of nitrogens with one attached hydrogen (secondary N) is 1. The molecule has 2 aromatic rings. The summed E-state index contributed by atoms with van der Waals surface area (Å²) in [7, 11) is 4.42. The molecule has 0 aliphatic carbocycles. The van der Waals surface area contributed by atoms with Crippen molar-refractivity contribution >= 4 is 5.97 Å². The molecule has 28 heavy (non-hydrogen) atoms. The molecule has 0 saturated heterocycles. The van der Waals surface area contributed by atoms with Crippen LogP contribution >= 0.6 is 0 Å². The predicted molar refractivity (Wildman–Crippen MR) is 103 cm³/mol. The highest BCUT2D eigenvalue weighted by Crippen LogP contribution is 2.42. The van der Waals surface area contributed by atoms with Gasteiger partial charge in [-0.1, -0.05) is 0 Å². The summed E-state index contributed by atoms with van der Waals surface area (Å²) < 4.78 is 21.1. The van der Waals surface area contributed by atoms with E-state index in [0.29, 0.717) is 28.5 Å². The van der Waals surface area contributed by atoms with Crippen LogP contribution in [0.15, 0.2) is 23.0 Å². The number of methoxy groups -OCH3 is 3. The number of esters is 1. The maximum absolute atomic E-state index is 12.6. The Balaban J connectivity index is 2.70. The fourth-order valence-electron chi connectivity index (χ4n) is 3.09. The lowest BCUT2D eigenvalue weighted by atomic mass is 9.88. The Labute approximate surface area is 163 Å². The molecule has 152 valence electrons. The third-order valence-corrected chi connectivity index (χ3v) is 4.30. The van der Waals surface area contributed by atoms with E-state index >= 15 is 0 Å². The molecule has 1 aromatic heterocycles. The second-order valence-corrected chi connectivity index (χ2v) is 6.10. The van der Waals surface area contributed by atoms with Gasteiger partial charge in [-0.2, -0.15) is 0 Å². The van der Waals surface area contributed by atoms with Gasteiger partial charge in [0.15, 0.2) is 11.5 Å². The predicted octanol–water partition coefficient (Wildman–Crippen LogP) is 2.50. The first-order chi connectivity index (χ1) is 13.4. The van der Waals surface area contributed by atoms with Crippen LogP contribution < -0.4 is 19.8 Å². The summed E-state index contributed by atoms with van der Waals surface area (Å²) in [5.41, 5.74) is 0.617. The maximum Gasteiger partial charge on any atom is 0.306 e. The minimum Gasteiger partial charge on any atom is -0.507 e. The summed E-state index contributed by atoms with van der Waals surface area (Å²) in [6, 6.07) is 4.72. The van der Waals surface area contributed by atoms with E-state index in [9.17, 15) is 14.7 Å². The number of pyridine rings is 1. The number of hydrogen-bond donors (Lipinski definition) is 2. The lowest BCUT2D eigenvalue weighted by molar-refractivity contribution is -0.143. The standard InChI is InChI=1S/C20H25NO7/c1-6-28-17(23)10-13(18-14(22)7-11(2)21-20(18)24)12-8-15(25-3)19(27-5)16(9-12)26-4/h7-9,13H,6,10H2,1-5H3,(H2,21,22,24). The van der Waals surface area contributed by atoms with Crippen LogP contribution in [0.5, 0.6) is 23.0 Å². The quantitative estimate of drug-likeness (QED) is 0.666. The number of H-pyrrole nitrogens is 1. The molecule has 1 heterocycles. The molecule has 2 N–H and O–H groups in total. The molecule has 0 saturated carbocycles. The van der Waals surface area contributed by atoms with E-state index in [1.165, 1.54) is 27.4 Å². The zero-order valence-corrected chi connectivity index (χ0v) is 16.6. The molecule has 2 rings (SSSR count). The largest absolute Gasteiger partial charge is 0.507 e. The van der Waals surface area contributed by atoms with Crippen molar-refractivity contribution in [1.29, 1.82) is 0 Å². The van der Waals surface area contributed by atoms with E-state index in [4.69, 9.17) is 18.9 Å². The van der Waals surface area contributed by atoms with Gasteiger partial charge in [0.05, 0.1) is 39.9 Å². The highest BCUT2D eigenvalue weighted by atomic mass is 16.5. The monoisotopic (exact) mass is 391 g/mol. The minimum atomic E-state index is -0.780. The molecular formula is C20H25NO7. The Kier molecular flexibility index (Phi) is 6.92. The van der Waals surface area contributed by atoms with Crippen molar-refractivity contribution in [3.8, 4) is 23.0 Å². The maximum atomic E-state index is 12.6. The van der Waals surface area contributed by atoms with Crippen LogP contribution in [-0.2, 0) is 9.53 Å². The average molecular weight is 391 g/mol. The molecule has 0 aliphatic rings. The van der Waals surface area contributed by atoms with Crippen LogP contribution in [0.25, 0.3) is 0 Å². The van der Waals surface area contributed by atoms with Crippen LogP contribution in [0.2, 0.25) is 0 Å². The molecule has 8 heteroatoms. The van der Waals surface area contributed by atoms with Crippen molar-refractivity contribution in [3.63, 3.8) is 0 Å². The van der Waals surface area contributed by atoms with E-state index in [2.05, 4.69) is 4.98 Å². The molecule has 0 aliphatic heterocycles. The number of aryl methyl sites for hydroxylation is 1. The number of aromatic nitrogens is 1. The van der Waals surface area contributed by atoms with Gasteiger partial charge >= 0.3 is 5.97 Å². The average Bonchev–Trinajstić information content (AvgIpc) is 2.65. The number of rotatable bonds is 8. The van der Waals surface area contributed by atoms with Crippen molar-refractivity contribution < 1.29 is 28.8 Å². The zero-order valence-electron chi connectivity index (χ0n) is 16.6. The Bertz CT molecular complexity index is 879. The van der Waals surface area contributed by atoms with E-state index in [0.717, 1.165) is 0 Å². The number of ether oxygens (including phenoxy) is 4. The summed E-state index contributed by atoms with van der Waals surface area (Å²) >= 11 is 0. The summed E-state index contributed by atoms with van der Waals surface area (Å²) in [6.07, 6.45) is -0.147. The Morgan fingerprint density at radius 1 is 1.11 bits per heavy atom. The third kappa shape index (κ3) is 4.39. The highest BCUT2D eigenvalue weighted by Gasteiger charge is 2.27. The number of carbonyl (C=O) groups excluding carboxylic acids is 1. The lowest BCUT2D eigenvalue weighted by Crippen LogP contribution is -2.21. The van der Waals surface area contributed by atoms with Gasteiger partial charge in [0.25, 0.3) is 5.56 Å². The van der Waals surface area contributed by atoms with Gasteiger partial charge < -0.3 is 29.0 Å². The smallest absolute Gasteiger partial charge is 0.306 e. The van der Waals surface area contributed by atoms with Crippen molar-refractivity contribution in [2.24, 2.45) is 0 Å². The van der Waals surface area contributed by atoms with Crippen molar-refractivity contribution in [1.82, 2.24) is 4.98 Å². The van der Waals surface area contributed by atoms with Gasteiger partial charge in [-0.25, -0.2) is 0 Å². The van der Waals surface area contributed by atoms with Crippen molar-refractivity contribution in [3.05, 3.63) is 45.4 Å². The summed E-state index contributed by atoms with van der Waals surface area (Å²) in [5.74, 6) is -0.366. The lowest BCUT2D eigenvalue weighted by Gasteiger charge is -2.21. The Morgan fingerprint density at radius 2 is 1.71 bits per heavy atom. The second kappa shape index (κ2) is 9.16. The van der Waals surface area contributed by atoms with Gasteiger partial charge in [0.1, 0.15) is 5.75 Å². The highest BCUT2D eigenvalue weighted by molar-refractivity contribution is 5.72. The first-order valence-corrected chi connectivity index (χ1v) is 8.74. The van der Waals surface area contributed by atoms with Gasteiger partial charge in [0.2, 0.25) is 5.75 Å². The van der Waals surface area contributed by atoms with Crippen LogP contribution in [0.1, 0.15) is 36.1 Å². The summed E-state index contributed by atoms with van der Waals surface area (Å²) in [5, 5.41) is 10.4. The first kappa shape index (κ1) is 21.1. The molecule has 1 unspecified atom stereocenters. The molecule has 0 amide bonds. The molecular weight excluding hydrogens is 366 g/mol. The number of hydrogen-bond acceptors (Lipinski definition) is 7. The third-order valence-electron chi connectivity index (χ3n) is 4.30. The fourth-order valence-corrected chi connectivity index (χ4v) is 3.09. The van der Waals surface area contributed by atoms with Gasteiger partial charge in [-0.05, 0) is 37.6 Å². The summed E-state index contributed by atoms with van der Waals surface area (Å²) in [6.45, 7) is 3.56. The Morgan fingerprint density at radius 3 is 2.18 bits per heavy atom. The zero-order chi connectivity index (χ0) is 20.8. The van der Waals surface area contributed by atoms with Crippen LogP contribution in [0.4, 0.5) is 0 Å². The normalized spacial score (nSPS) is 11.6. The molecule has 1 atom stereocenters. The number of aromatic amines is 1. The molecule has 0 spiro atoms. The number of carbonyl (C=O) groups is 1. The first-order valence-electron chi connectivity index (χ1n) is 8.74. The molecule has 0 radical (unpaired) electrons. The van der Waals surface area contributed by atoms with Crippen LogP contribution in [0.3, 0.4) is 0 Å². The fraction of sp³-hybridized carbons (Fsp3) is 0.400. The van der Waals surface area contributed by atoms with Crippen LogP contribution in [-0.4, -0.2) is 44.0 Å². The van der Waals surface area contributed by atoms with Crippen molar-refractivity contribution in [2.45, 2.75) is 26.2 Å². The SMILES string of the molecule is CCOC(=O)CC(c1cc(OC)c(OC)c(OC)c1)c1c(O)cc(C)[nH]c1=O. The summed E-state index contributed by atoms with van der Waals surface area (Å²) in [4.78, 5) is 27.5. The second-order valence-electron chi connectivity index (χ2n) is 6.10. The van der Waals surface area contributed by atoms with Crippen LogP contribution in [0, 0.1) is 6.92 Å². The number of benzene rings is 1.